The van der Waals surface area contributed by atoms with Crippen molar-refractivity contribution in [1.82, 2.24) is 9.91 Å². The van der Waals surface area contributed by atoms with Crippen LogP contribution in [0.15, 0.2) is 47.6 Å². The summed E-state index contributed by atoms with van der Waals surface area (Å²) in [5, 5.41) is 9.63. The molecule has 186 valence electrons. The average molecular weight is 495 g/mol. The fraction of sp³-hybridized carbons (Fsp3) is 0.444. The maximum absolute atomic E-state index is 12.9. The Labute approximate surface area is 211 Å². The van der Waals surface area contributed by atoms with E-state index >= 15 is 0 Å². The zero-order chi connectivity index (χ0) is 24.5. The molecule has 4 rings (SSSR count). The number of unbranched alkanes of at least 4 members (excludes halogenated alkanes) is 1. The standard InChI is InChI=1S/C27H34N4O3S/c1-2-3-14-34-26(32)20-30-11-10-22-6-7-23(17-24(22)19-30)27(33)29-25-8-4-21(5-9-25)18-28-31-12-15-35-16-13-31/h4-9,17-18H,2-3,10-16,19-20H2,1H3,(H,29,33)/b28-18+. The van der Waals surface area contributed by atoms with Gasteiger partial charge in [0.2, 0.25) is 0 Å². The van der Waals surface area contributed by atoms with E-state index in [1.807, 2.05) is 60.4 Å². The molecule has 0 atom stereocenters. The van der Waals surface area contributed by atoms with Crippen molar-refractivity contribution in [2.24, 2.45) is 5.10 Å². The van der Waals surface area contributed by atoms with Gasteiger partial charge in [-0.1, -0.05) is 31.5 Å². The normalized spacial score (nSPS) is 16.2. The van der Waals surface area contributed by atoms with Crippen molar-refractivity contribution < 1.29 is 14.3 Å². The first-order chi connectivity index (χ1) is 17.1. The van der Waals surface area contributed by atoms with E-state index in [2.05, 4.69) is 27.3 Å². The van der Waals surface area contributed by atoms with Crippen LogP contribution in [0.5, 0.6) is 0 Å². The molecular formula is C27H34N4O3S. The Balaban J connectivity index is 1.31. The van der Waals surface area contributed by atoms with Crippen molar-refractivity contribution >= 4 is 35.5 Å². The number of rotatable bonds is 9. The van der Waals surface area contributed by atoms with Gasteiger partial charge >= 0.3 is 5.97 Å². The molecule has 0 aromatic heterocycles. The number of carbonyl (C=O) groups is 2. The van der Waals surface area contributed by atoms with E-state index < -0.39 is 0 Å². The number of esters is 1. The second-order valence-corrected chi connectivity index (χ2v) is 10.1. The first kappa shape index (κ1) is 25.3. The number of ether oxygens (including phenoxy) is 1. The number of amides is 1. The van der Waals surface area contributed by atoms with Gasteiger partial charge < -0.3 is 10.1 Å². The Bertz CT molecular complexity index is 1040. The summed E-state index contributed by atoms with van der Waals surface area (Å²) in [6, 6.07) is 13.6. The fourth-order valence-electron chi connectivity index (χ4n) is 4.12. The number of hydrazone groups is 1. The van der Waals surface area contributed by atoms with E-state index in [-0.39, 0.29) is 18.4 Å². The quantitative estimate of drug-likeness (QED) is 0.322. The molecule has 0 saturated carbocycles. The summed E-state index contributed by atoms with van der Waals surface area (Å²) in [6.07, 6.45) is 4.63. The topological polar surface area (TPSA) is 74.2 Å². The summed E-state index contributed by atoms with van der Waals surface area (Å²) < 4.78 is 5.30. The third-order valence-electron chi connectivity index (χ3n) is 6.20. The van der Waals surface area contributed by atoms with Gasteiger partial charge in [-0.15, -0.1) is 0 Å². The highest BCUT2D eigenvalue weighted by Crippen LogP contribution is 2.21. The van der Waals surface area contributed by atoms with Crippen LogP contribution >= 0.6 is 11.8 Å². The molecule has 1 saturated heterocycles. The van der Waals surface area contributed by atoms with Crippen molar-refractivity contribution in [2.75, 3.05) is 49.6 Å². The minimum atomic E-state index is -0.181. The number of nitrogens with zero attached hydrogens (tertiary/aromatic N) is 3. The zero-order valence-corrected chi connectivity index (χ0v) is 21.2. The van der Waals surface area contributed by atoms with Gasteiger partial charge in [0.15, 0.2) is 0 Å². The summed E-state index contributed by atoms with van der Waals surface area (Å²) in [5.74, 6) is 1.92. The Hall–Kier alpha value is -2.84. The molecule has 7 nitrogen and oxygen atoms in total. The van der Waals surface area contributed by atoms with Crippen LogP contribution in [0.2, 0.25) is 0 Å². The number of hydrogen-bond donors (Lipinski definition) is 1. The van der Waals surface area contributed by atoms with Crippen molar-refractivity contribution in [2.45, 2.75) is 32.7 Å². The Morgan fingerprint density at radius 1 is 1.09 bits per heavy atom. The molecule has 2 aliphatic heterocycles. The largest absolute Gasteiger partial charge is 0.465 e. The number of carbonyl (C=O) groups excluding carboxylic acids is 2. The van der Waals surface area contributed by atoms with Crippen LogP contribution in [-0.2, 0) is 22.5 Å². The number of hydrogen-bond acceptors (Lipinski definition) is 7. The van der Waals surface area contributed by atoms with Gasteiger partial charge in [0.25, 0.3) is 5.91 Å². The van der Waals surface area contributed by atoms with Crippen molar-refractivity contribution in [3.63, 3.8) is 0 Å². The highest BCUT2D eigenvalue weighted by Gasteiger charge is 2.20. The molecule has 1 amide bonds. The summed E-state index contributed by atoms with van der Waals surface area (Å²) in [6.45, 7) is 6.26. The molecular weight excluding hydrogens is 460 g/mol. The van der Waals surface area contributed by atoms with Gasteiger partial charge in [0, 0.05) is 48.9 Å². The van der Waals surface area contributed by atoms with E-state index in [9.17, 15) is 9.59 Å². The molecule has 0 radical (unpaired) electrons. The van der Waals surface area contributed by atoms with Crippen LogP contribution in [0.3, 0.4) is 0 Å². The number of fused-ring (bicyclic) bond motifs is 1. The minimum Gasteiger partial charge on any atom is -0.465 e. The molecule has 2 aliphatic rings. The average Bonchev–Trinajstić information content (AvgIpc) is 2.88. The summed E-state index contributed by atoms with van der Waals surface area (Å²) in [7, 11) is 0. The molecule has 2 heterocycles. The number of anilines is 1. The molecule has 0 unspecified atom stereocenters. The lowest BCUT2D eigenvalue weighted by atomic mass is 9.97. The zero-order valence-electron chi connectivity index (χ0n) is 20.4. The molecule has 0 bridgehead atoms. The Morgan fingerprint density at radius 2 is 1.89 bits per heavy atom. The first-order valence-electron chi connectivity index (χ1n) is 12.4. The lowest BCUT2D eigenvalue weighted by molar-refractivity contribution is -0.145. The predicted octanol–water partition coefficient (Wildman–Crippen LogP) is 4.02. The number of thioether (sulfide) groups is 1. The maximum atomic E-state index is 12.9. The van der Waals surface area contributed by atoms with Gasteiger partial charge in [-0.05, 0) is 53.8 Å². The predicted molar refractivity (Wildman–Crippen MR) is 142 cm³/mol. The van der Waals surface area contributed by atoms with Gasteiger partial charge in [0.1, 0.15) is 0 Å². The third kappa shape index (κ3) is 7.57. The van der Waals surface area contributed by atoms with E-state index in [0.717, 1.165) is 67.2 Å². The molecule has 35 heavy (non-hydrogen) atoms. The summed E-state index contributed by atoms with van der Waals surface area (Å²) >= 11 is 1.96. The van der Waals surface area contributed by atoms with Crippen molar-refractivity contribution in [3.8, 4) is 0 Å². The van der Waals surface area contributed by atoms with E-state index in [1.54, 1.807) is 0 Å². The second-order valence-electron chi connectivity index (χ2n) is 8.90. The molecule has 0 aliphatic carbocycles. The number of nitrogens with one attached hydrogen (secondary N) is 1. The van der Waals surface area contributed by atoms with Gasteiger partial charge in [-0.25, -0.2) is 0 Å². The van der Waals surface area contributed by atoms with Gasteiger partial charge in [0.05, 0.1) is 19.4 Å². The van der Waals surface area contributed by atoms with Gasteiger partial charge in [-0.3, -0.25) is 19.5 Å². The summed E-state index contributed by atoms with van der Waals surface area (Å²) in [4.78, 5) is 27.1. The molecule has 0 spiro atoms. The lowest BCUT2D eigenvalue weighted by Crippen LogP contribution is -2.35. The highest BCUT2D eigenvalue weighted by molar-refractivity contribution is 7.99. The van der Waals surface area contributed by atoms with Gasteiger partial charge in [-0.2, -0.15) is 16.9 Å². The van der Waals surface area contributed by atoms with Crippen LogP contribution < -0.4 is 5.32 Å². The van der Waals surface area contributed by atoms with E-state index in [1.165, 1.54) is 5.56 Å². The van der Waals surface area contributed by atoms with Crippen LogP contribution in [0.1, 0.15) is 46.8 Å². The lowest BCUT2D eigenvalue weighted by Gasteiger charge is -2.28. The minimum absolute atomic E-state index is 0.142. The Kier molecular flexibility index (Phi) is 9.20. The third-order valence-corrected chi connectivity index (χ3v) is 7.14. The molecule has 8 heteroatoms. The molecule has 1 N–H and O–H groups in total. The van der Waals surface area contributed by atoms with Crippen LogP contribution in [0.4, 0.5) is 5.69 Å². The molecule has 2 aromatic carbocycles. The maximum Gasteiger partial charge on any atom is 0.320 e. The summed E-state index contributed by atoms with van der Waals surface area (Å²) in [5.41, 5.74) is 4.68. The molecule has 2 aromatic rings. The van der Waals surface area contributed by atoms with Crippen LogP contribution in [0, 0.1) is 0 Å². The van der Waals surface area contributed by atoms with E-state index in [0.29, 0.717) is 18.7 Å². The van der Waals surface area contributed by atoms with Crippen molar-refractivity contribution in [1.29, 1.82) is 0 Å². The Morgan fingerprint density at radius 3 is 2.66 bits per heavy atom. The monoisotopic (exact) mass is 494 g/mol. The highest BCUT2D eigenvalue weighted by atomic mass is 32.2. The number of benzene rings is 2. The SMILES string of the molecule is CCCCOC(=O)CN1CCc2ccc(C(=O)Nc3ccc(/C=N/N4CCSCC4)cc3)cc2C1. The van der Waals surface area contributed by atoms with Crippen LogP contribution in [0.25, 0.3) is 0 Å². The fourth-order valence-corrected chi connectivity index (χ4v) is 5.01. The van der Waals surface area contributed by atoms with Crippen molar-refractivity contribution in [3.05, 3.63) is 64.7 Å². The molecule has 1 fully saturated rings. The first-order valence-corrected chi connectivity index (χ1v) is 13.5. The smallest absolute Gasteiger partial charge is 0.320 e. The second kappa shape index (κ2) is 12.7. The van der Waals surface area contributed by atoms with E-state index in [4.69, 9.17) is 4.74 Å². The van der Waals surface area contributed by atoms with Crippen LogP contribution in [-0.4, -0.2) is 72.3 Å².